The van der Waals surface area contributed by atoms with E-state index in [1.807, 2.05) is 0 Å². The summed E-state index contributed by atoms with van der Waals surface area (Å²) < 4.78 is 5.36. The summed E-state index contributed by atoms with van der Waals surface area (Å²) in [5.74, 6) is -0.0435. The van der Waals surface area contributed by atoms with Crippen LogP contribution in [0.25, 0.3) is 0 Å². The van der Waals surface area contributed by atoms with Crippen LogP contribution in [-0.2, 0) is 4.79 Å². The second kappa shape index (κ2) is 8.04. The maximum absolute atomic E-state index is 12.0. The summed E-state index contributed by atoms with van der Waals surface area (Å²) in [5.41, 5.74) is 0.785. The fourth-order valence-corrected chi connectivity index (χ4v) is 2.17. The first-order valence-corrected chi connectivity index (χ1v) is 7.82. The van der Waals surface area contributed by atoms with Crippen LogP contribution in [0.2, 0.25) is 10.0 Å². The zero-order chi connectivity index (χ0) is 17.7. The number of nitrogens with one attached hydrogen (secondary N) is 1. The summed E-state index contributed by atoms with van der Waals surface area (Å²) in [6.07, 6.45) is 0. The summed E-state index contributed by atoms with van der Waals surface area (Å²) in [5, 5.41) is 3.56. The van der Waals surface area contributed by atoms with Crippen LogP contribution in [0.4, 0.5) is 5.69 Å². The molecule has 0 unspecified atom stereocenters. The molecule has 0 fully saturated rings. The molecule has 1 N–H and O–H groups in total. The van der Waals surface area contributed by atoms with Gasteiger partial charge in [0.1, 0.15) is 5.75 Å². The highest BCUT2D eigenvalue weighted by Crippen LogP contribution is 2.23. The summed E-state index contributed by atoms with van der Waals surface area (Å²) >= 11 is 11.8. The van der Waals surface area contributed by atoms with Crippen LogP contribution in [0, 0.1) is 0 Å². The second-order valence-corrected chi connectivity index (χ2v) is 6.03. The van der Waals surface area contributed by atoms with Crippen molar-refractivity contribution in [2.75, 3.05) is 26.0 Å². The molecule has 0 spiro atoms. The van der Waals surface area contributed by atoms with E-state index in [-0.39, 0.29) is 18.4 Å². The molecule has 2 aromatic rings. The van der Waals surface area contributed by atoms with Crippen LogP contribution in [0.3, 0.4) is 0 Å². The molecular weight excluding hydrogens is 351 g/mol. The summed E-state index contributed by atoms with van der Waals surface area (Å²) in [7, 11) is 3.30. The zero-order valence-electron chi connectivity index (χ0n) is 13.2. The number of amides is 2. The third kappa shape index (κ3) is 4.88. The Labute approximate surface area is 150 Å². The van der Waals surface area contributed by atoms with Crippen molar-refractivity contribution in [3.8, 4) is 5.75 Å². The smallest absolute Gasteiger partial charge is 0.262 e. The van der Waals surface area contributed by atoms with Crippen molar-refractivity contribution in [1.82, 2.24) is 4.90 Å². The Morgan fingerprint density at radius 2 is 1.75 bits per heavy atom. The molecular formula is C17H16Cl2N2O3. The van der Waals surface area contributed by atoms with Crippen LogP contribution < -0.4 is 10.1 Å². The molecule has 0 atom stereocenters. The quantitative estimate of drug-likeness (QED) is 0.877. The number of carbonyl (C=O) groups excluding carboxylic acids is 2. The first kappa shape index (κ1) is 18.1. The van der Waals surface area contributed by atoms with Crippen molar-refractivity contribution in [3.63, 3.8) is 0 Å². The number of anilines is 1. The van der Waals surface area contributed by atoms with E-state index in [0.29, 0.717) is 27.0 Å². The van der Waals surface area contributed by atoms with Gasteiger partial charge in [-0.1, -0.05) is 23.2 Å². The number of halogens is 2. The molecule has 0 aliphatic carbocycles. The van der Waals surface area contributed by atoms with Gasteiger partial charge >= 0.3 is 0 Å². The maximum atomic E-state index is 12.0. The van der Waals surface area contributed by atoms with Gasteiger partial charge in [0.25, 0.3) is 11.8 Å². The number of nitrogens with zero attached hydrogens (tertiary/aromatic N) is 1. The van der Waals surface area contributed by atoms with Crippen LogP contribution in [-0.4, -0.2) is 37.4 Å². The van der Waals surface area contributed by atoms with Crippen LogP contribution >= 0.6 is 23.2 Å². The molecule has 5 nitrogen and oxygen atoms in total. The molecule has 0 heterocycles. The second-order valence-electron chi connectivity index (χ2n) is 5.18. The molecule has 0 saturated carbocycles. The van der Waals surface area contributed by atoms with Gasteiger partial charge < -0.3 is 15.0 Å². The van der Waals surface area contributed by atoms with Crippen molar-refractivity contribution in [1.29, 1.82) is 0 Å². The Bertz CT molecular complexity index is 746. The fraction of sp³-hybridized carbons (Fsp3) is 0.176. The van der Waals surface area contributed by atoms with E-state index in [2.05, 4.69) is 5.32 Å². The Morgan fingerprint density at radius 3 is 2.38 bits per heavy atom. The molecule has 126 valence electrons. The third-order valence-corrected chi connectivity index (χ3v) is 3.66. The van der Waals surface area contributed by atoms with Crippen molar-refractivity contribution in [3.05, 3.63) is 58.1 Å². The van der Waals surface area contributed by atoms with Crippen molar-refractivity contribution in [2.24, 2.45) is 0 Å². The molecule has 2 rings (SSSR count). The monoisotopic (exact) mass is 366 g/mol. The molecule has 0 radical (unpaired) electrons. The molecule has 0 aliphatic heterocycles. The molecule has 0 bridgehead atoms. The standard InChI is InChI=1S/C17H16Cl2N2O3/c1-21(2)17(23)11-3-8-14(19)15(9-11)20-16(22)10-24-13-6-4-12(18)5-7-13/h3-9H,10H2,1-2H3,(H,20,22). The topological polar surface area (TPSA) is 58.6 Å². The average molecular weight is 367 g/mol. The van der Waals surface area contributed by atoms with Gasteiger partial charge in [0.05, 0.1) is 10.7 Å². The lowest BCUT2D eigenvalue weighted by Gasteiger charge is -2.13. The van der Waals surface area contributed by atoms with E-state index in [1.54, 1.807) is 50.5 Å². The van der Waals surface area contributed by atoms with Crippen LogP contribution in [0.5, 0.6) is 5.75 Å². The average Bonchev–Trinajstić information content (AvgIpc) is 2.55. The fourth-order valence-electron chi connectivity index (χ4n) is 1.88. The van der Waals surface area contributed by atoms with Crippen molar-refractivity contribution >= 4 is 40.7 Å². The summed E-state index contributed by atoms with van der Waals surface area (Å²) in [6, 6.07) is 11.4. The summed E-state index contributed by atoms with van der Waals surface area (Å²) in [6.45, 7) is -0.191. The van der Waals surface area contributed by atoms with Gasteiger partial charge in [-0.05, 0) is 42.5 Å². The van der Waals surface area contributed by atoms with E-state index < -0.39 is 0 Å². The number of hydrogen-bond acceptors (Lipinski definition) is 3. The van der Waals surface area contributed by atoms with E-state index in [1.165, 1.54) is 11.0 Å². The Morgan fingerprint density at radius 1 is 1.08 bits per heavy atom. The predicted octanol–water partition coefficient (Wildman–Crippen LogP) is 3.71. The first-order chi connectivity index (χ1) is 11.4. The zero-order valence-corrected chi connectivity index (χ0v) is 14.7. The van der Waals surface area contributed by atoms with Crippen LogP contribution in [0.15, 0.2) is 42.5 Å². The number of hydrogen-bond donors (Lipinski definition) is 1. The molecule has 0 aliphatic rings. The normalized spacial score (nSPS) is 10.2. The first-order valence-electron chi connectivity index (χ1n) is 7.06. The number of rotatable bonds is 5. The van der Waals surface area contributed by atoms with Crippen molar-refractivity contribution in [2.45, 2.75) is 0 Å². The van der Waals surface area contributed by atoms with E-state index >= 15 is 0 Å². The minimum absolute atomic E-state index is 0.181. The molecule has 7 heteroatoms. The highest BCUT2D eigenvalue weighted by Gasteiger charge is 2.12. The number of ether oxygens (including phenoxy) is 1. The Hall–Kier alpha value is -2.24. The van der Waals surface area contributed by atoms with E-state index in [4.69, 9.17) is 27.9 Å². The Kier molecular flexibility index (Phi) is 6.06. The molecule has 0 aromatic heterocycles. The highest BCUT2D eigenvalue weighted by atomic mass is 35.5. The van der Waals surface area contributed by atoms with Gasteiger partial charge in [0.15, 0.2) is 6.61 Å². The third-order valence-electron chi connectivity index (χ3n) is 3.08. The van der Waals surface area contributed by atoms with E-state index in [9.17, 15) is 9.59 Å². The molecule has 2 amide bonds. The molecule has 2 aromatic carbocycles. The number of benzene rings is 2. The SMILES string of the molecule is CN(C)C(=O)c1ccc(Cl)c(NC(=O)COc2ccc(Cl)cc2)c1. The minimum atomic E-state index is -0.388. The van der Waals surface area contributed by atoms with Gasteiger partial charge in [-0.3, -0.25) is 9.59 Å². The van der Waals surface area contributed by atoms with E-state index in [0.717, 1.165) is 0 Å². The largest absolute Gasteiger partial charge is 0.484 e. The lowest BCUT2D eigenvalue weighted by Crippen LogP contribution is -2.23. The van der Waals surface area contributed by atoms with Gasteiger partial charge in [-0.15, -0.1) is 0 Å². The predicted molar refractivity (Wildman–Crippen MR) is 95.0 cm³/mol. The van der Waals surface area contributed by atoms with Gasteiger partial charge in [0, 0.05) is 24.7 Å². The van der Waals surface area contributed by atoms with Gasteiger partial charge in [-0.2, -0.15) is 0 Å². The van der Waals surface area contributed by atoms with Crippen LogP contribution in [0.1, 0.15) is 10.4 Å². The molecule has 24 heavy (non-hydrogen) atoms. The van der Waals surface area contributed by atoms with Gasteiger partial charge in [0.2, 0.25) is 0 Å². The lowest BCUT2D eigenvalue weighted by molar-refractivity contribution is -0.118. The number of carbonyl (C=O) groups is 2. The molecule has 0 saturated heterocycles. The minimum Gasteiger partial charge on any atom is -0.484 e. The lowest BCUT2D eigenvalue weighted by atomic mass is 10.2. The Balaban J connectivity index is 2.01. The van der Waals surface area contributed by atoms with Crippen molar-refractivity contribution < 1.29 is 14.3 Å². The van der Waals surface area contributed by atoms with Gasteiger partial charge in [-0.25, -0.2) is 0 Å². The maximum Gasteiger partial charge on any atom is 0.262 e. The highest BCUT2D eigenvalue weighted by molar-refractivity contribution is 6.34. The summed E-state index contributed by atoms with van der Waals surface area (Å²) in [4.78, 5) is 25.4.